The summed E-state index contributed by atoms with van der Waals surface area (Å²) in [4.78, 5) is 27.7. The van der Waals surface area contributed by atoms with Crippen LogP contribution in [0.3, 0.4) is 0 Å². The number of fused-ring (bicyclic) bond motifs is 1. The summed E-state index contributed by atoms with van der Waals surface area (Å²) in [6.45, 7) is 2.53. The van der Waals surface area contributed by atoms with Crippen molar-refractivity contribution >= 4 is 36.0 Å². The van der Waals surface area contributed by atoms with Gasteiger partial charge in [-0.1, -0.05) is 12.1 Å². The second-order valence-electron chi connectivity index (χ2n) is 7.00. The molecular formula is C19H28ClN3O3S. The predicted molar refractivity (Wildman–Crippen MR) is 109 cm³/mol. The molecule has 1 heterocycles. The van der Waals surface area contributed by atoms with Crippen LogP contribution in [0.25, 0.3) is 0 Å². The number of benzene rings is 1. The summed E-state index contributed by atoms with van der Waals surface area (Å²) >= 11 is 1.40. The van der Waals surface area contributed by atoms with Crippen LogP contribution in [0.4, 0.5) is 0 Å². The van der Waals surface area contributed by atoms with Crippen molar-refractivity contribution in [3.05, 3.63) is 29.8 Å². The lowest BCUT2D eigenvalue weighted by molar-refractivity contribution is -0.118. The van der Waals surface area contributed by atoms with Crippen LogP contribution in [-0.2, 0) is 9.53 Å². The number of carbonyl (C=O) groups excluding carboxylic acids is 2. The lowest BCUT2D eigenvalue weighted by Crippen LogP contribution is -2.33. The Kier molecular flexibility index (Phi) is 8.41. The number of ether oxygens (including phenoxy) is 1. The molecule has 3 unspecified atom stereocenters. The van der Waals surface area contributed by atoms with Crippen molar-refractivity contribution in [3.63, 3.8) is 0 Å². The summed E-state index contributed by atoms with van der Waals surface area (Å²) in [7, 11) is 1.60. The minimum atomic E-state index is -0.0593. The number of methoxy groups -OCH3 is 1. The molecule has 1 saturated heterocycles. The van der Waals surface area contributed by atoms with E-state index in [1.807, 2.05) is 29.2 Å². The first-order valence-corrected chi connectivity index (χ1v) is 10.1. The third-order valence-electron chi connectivity index (χ3n) is 5.30. The van der Waals surface area contributed by atoms with Gasteiger partial charge in [-0.15, -0.1) is 24.2 Å². The predicted octanol–water partition coefficient (Wildman–Crippen LogP) is 1.77. The Morgan fingerprint density at radius 3 is 2.81 bits per heavy atom. The van der Waals surface area contributed by atoms with Crippen molar-refractivity contribution in [1.29, 1.82) is 0 Å². The van der Waals surface area contributed by atoms with Crippen molar-refractivity contribution < 1.29 is 14.3 Å². The molecule has 27 heavy (non-hydrogen) atoms. The molecule has 1 aliphatic heterocycles. The van der Waals surface area contributed by atoms with Crippen LogP contribution in [0.2, 0.25) is 0 Å². The van der Waals surface area contributed by atoms with Crippen LogP contribution in [0.5, 0.6) is 0 Å². The number of hydrogen-bond acceptors (Lipinski definition) is 5. The van der Waals surface area contributed by atoms with Crippen LogP contribution in [-0.4, -0.2) is 61.9 Å². The zero-order chi connectivity index (χ0) is 18.5. The molecule has 0 radical (unpaired) electrons. The van der Waals surface area contributed by atoms with Gasteiger partial charge >= 0.3 is 0 Å². The highest BCUT2D eigenvalue weighted by Gasteiger charge is 2.42. The Hall–Kier alpha value is -1.28. The molecule has 3 N–H and O–H groups in total. The van der Waals surface area contributed by atoms with Crippen LogP contribution >= 0.6 is 24.2 Å². The Balaban J connectivity index is 0.00000261. The molecule has 1 saturated carbocycles. The maximum absolute atomic E-state index is 13.0. The standard InChI is InChI=1S/C19H27N3O3S.ClH/c1-25-9-8-21-18(23)12-26-17-5-3-2-4-14(17)19(24)22-10-13-6-7-16(20)15(13)11-22;/h2-5,13,15-16H,6-12,20H2,1H3,(H,21,23);1H. The summed E-state index contributed by atoms with van der Waals surface area (Å²) in [6.07, 6.45) is 2.19. The number of nitrogens with zero attached hydrogens (tertiary/aromatic N) is 1. The number of likely N-dealkylation sites (tertiary alicyclic amines) is 1. The maximum Gasteiger partial charge on any atom is 0.255 e. The summed E-state index contributed by atoms with van der Waals surface area (Å²) < 4.78 is 4.92. The van der Waals surface area contributed by atoms with E-state index >= 15 is 0 Å². The number of nitrogens with two attached hydrogens (primary N) is 1. The van der Waals surface area contributed by atoms with E-state index < -0.39 is 0 Å². The Labute approximate surface area is 171 Å². The molecule has 1 aromatic rings. The number of nitrogens with one attached hydrogen (secondary N) is 1. The van der Waals surface area contributed by atoms with E-state index in [1.54, 1.807) is 7.11 Å². The molecule has 3 rings (SSSR count). The van der Waals surface area contributed by atoms with Gasteiger partial charge in [0, 0.05) is 37.7 Å². The molecule has 2 amide bonds. The highest BCUT2D eigenvalue weighted by Crippen LogP contribution is 2.38. The summed E-state index contributed by atoms with van der Waals surface area (Å²) in [5, 5.41) is 2.80. The second-order valence-corrected chi connectivity index (χ2v) is 8.02. The number of carbonyl (C=O) groups is 2. The van der Waals surface area contributed by atoms with Crippen molar-refractivity contribution in [1.82, 2.24) is 10.2 Å². The van der Waals surface area contributed by atoms with E-state index in [4.69, 9.17) is 10.5 Å². The fourth-order valence-electron chi connectivity index (χ4n) is 3.90. The van der Waals surface area contributed by atoms with E-state index in [9.17, 15) is 9.59 Å². The van der Waals surface area contributed by atoms with Gasteiger partial charge in [0.05, 0.1) is 17.9 Å². The molecule has 8 heteroatoms. The zero-order valence-electron chi connectivity index (χ0n) is 15.6. The molecule has 3 atom stereocenters. The lowest BCUT2D eigenvalue weighted by atomic mass is 9.98. The van der Waals surface area contributed by atoms with Gasteiger partial charge in [0.1, 0.15) is 0 Å². The molecule has 2 fully saturated rings. The summed E-state index contributed by atoms with van der Waals surface area (Å²) in [6, 6.07) is 7.75. The van der Waals surface area contributed by atoms with Crippen molar-refractivity contribution in [3.8, 4) is 0 Å². The zero-order valence-corrected chi connectivity index (χ0v) is 17.2. The average molecular weight is 414 g/mol. The summed E-state index contributed by atoms with van der Waals surface area (Å²) in [5.74, 6) is 1.25. The van der Waals surface area contributed by atoms with Gasteiger partial charge in [0.2, 0.25) is 5.91 Å². The molecule has 6 nitrogen and oxygen atoms in total. The van der Waals surface area contributed by atoms with E-state index in [0.717, 1.165) is 30.8 Å². The third-order valence-corrected chi connectivity index (χ3v) is 6.38. The quantitative estimate of drug-likeness (QED) is 0.525. The van der Waals surface area contributed by atoms with Crippen molar-refractivity contribution in [2.75, 3.05) is 39.1 Å². The van der Waals surface area contributed by atoms with Crippen molar-refractivity contribution in [2.24, 2.45) is 17.6 Å². The van der Waals surface area contributed by atoms with Gasteiger partial charge in [0.15, 0.2) is 0 Å². The number of halogens is 1. The largest absolute Gasteiger partial charge is 0.383 e. The van der Waals surface area contributed by atoms with Gasteiger partial charge < -0.3 is 20.7 Å². The van der Waals surface area contributed by atoms with Crippen LogP contribution < -0.4 is 11.1 Å². The van der Waals surface area contributed by atoms with Gasteiger partial charge in [-0.05, 0) is 36.8 Å². The SMILES string of the molecule is COCCNC(=O)CSc1ccccc1C(=O)N1CC2CCC(N)C2C1.Cl. The van der Waals surface area contributed by atoms with Crippen molar-refractivity contribution in [2.45, 2.75) is 23.8 Å². The maximum atomic E-state index is 13.0. The Morgan fingerprint density at radius 2 is 2.07 bits per heavy atom. The molecule has 150 valence electrons. The number of hydrogen-bond donors (Lipinski definition) is 2. The minimum Gasteiger partial charge on any atom is -0.383 e. The normalized spacial score (nSPS) is 23.6. The second kappa shape index (κ2) is 10.3. The van der Waals surface area contributed by atoms with E-state index in [0.29, 0.717) is 30.6 Å². The monoisotopic (exact) mass is 413 g/mol. The Bertz CT molecular complexity index is 661. The van der Waals surface area contributed by atoms with E-state index in [-0.39, 0.29) is 36.0 Å². The first-order valence-electron chi connectivity index (χ1n) is 9.12. The summed E-state index contributed by atoms with van der Waals surface area (Å²) in [5.41, 5.74) is 6.86. The topological polar surface area (TPSA) is 84.7 Å². The average Bonchev–Trinajstić information content (AvgIpc) is 3.22. The first-order chi connectivity index (χ1) is 12.6. The molecule has 2 aliphatic rings. The third kappa shape index (κ3) is 5.38. The lowest BCUT2D eigenvalue weighted by Gasteiger charge is -2.20. The fraction of sp³-hybridized carbons (Fsp3) is 0.579. The molecule has 1 aromatic carbocycles. The smallest absolute Gasteiger partial charge is 0.255 e. The first kappa shape index (κ1) is 22.0. The molecule has 0 spiro atoms. The highest BCUT2D eigenvalue weighted by atomic mass is 35.5. The van der Waals surface area contributed by atoms with Gasteiger partial charge in [0.25, 0.3) is 5.91 Å². The molecule has 0 bridgehead atoms. The molecule has 1 aliphatic carbocycles. The van der Waals surface area contributed by atoms with Gasteiger partial charge in [-0.25, -0.2) is 0 Å². The number of thioether (sulfide) groups is 1. The van der Waals surface area contributed by atoms with E-state index in [2.05, 4.69) is 5.32 Å². The van der Waals surface area contributed by atoms with Crippen LogP contribution in [0.15, 0.2) is 29.2 Å². The Morgan fingerprint density at radius 1 is 1.30 bits per heavy atom. The molecular weight excluding hydrogens is 386 g/mol. The van der Waals surface area contributed by atoms with E-state index in [1.165, 1.54) is 11.8 Å². The fourth-order valence-corrected chi connectivity index (χ4v) is 4.77. The minimum absolute atomic E-state index is 0. The number of rotatable bonds is 7. The molecule has 0 aromatic heterocycles. The van der Waals surface area contributed by atoms with Crippen LogP contribution in [0.1, 0.15) is 23.2 Å². The highest BCUT2D eigenvalue weighted by molar-refractivity contribution is 8.00. The number of amides is 2. The van der Waals surface area contributed by atoms with Gasteiger partial charge in [-0.2, -0.15) is 0 Å². The van der Waals surface area contributed by atoms with Crippen LogP contribution in [0, 0.1) is 11.8 Å². The van der Waals surface area contributed by atoms with Gasteiger partial charge in [-0.3, -0.25) is 9.59 Å².